The summed E-state index contributed by atoms with van der Waals surface area (Å²) in [5.41, 5.74) is 2.58. The number of methoxy groups -OCH3 is 1. The number of anilines is 1. The molecule has 6 heteroatoms. The summed E-state index contributed by atoms with van der Waals surface area (Å²) in [6, 6.07) is 15.5. The number of ether oxygens (including phenoxy) is 1. The van der Waals surface area contributed by atoms with Crippen molar-refractivity contribution in [3.05, 3.63) is 76.8 Å². The monoisotopic (exact) mass is 390 g/mol. The largest absolute Gasteiger partial charge is 0.375 e. The van der Waals surface area contributed by atoms with Crippen LogP contribution in [0.4, 0.5) is 5.95 Å². The predicted molar refractivity (Wildman–Crippen MR) is 114 cm³/mol. The molecule has 0 unspecified atom stereocenters. The van der Waals surface area contributed by atoms with Crippen LogP contribution in [0.2, 0.25) is 0 Å². The first-order valence-corrected chi connectivity index (χ1v) is 9.82. The summed E-state index contributed by atoms with van der Waals surface area (Å²) in [4.78, 5) is 24.1. The normalized spacial score (nSPS) is 16.3. The van der Waals surface area contributed by atoms with Gasteiger partial charge in [-0.3, -0.25) is 14.3 Å². The Morgan fingerprint density at radius 1 is 1.10 bits per heavy atom. The van der Waals surface area contributed by atoms with E-state index in [-0.39, 0.29) is 17.1 Å². The molecule has 3 aromatic rings. The Bertz CT molecular complexity index is 1030. The fraction of sp³-hybridized carbons (Fsp3) is 0.348. The summed E-state index contributed by atoms with van der Waals surface area (Å²) in [5, 5.41) is 0. The molecule has 0 saturated heterocycles. The molecule has 1 aliphatic rings. The van der Waals surface area contributed by atoms with E-state index in [1.54, 1.807) is 30.1 Å². The first-order valence-electron chi connectivity index (χ1n) is 9.82. The van der Waals surface area contributed by atoms with E-state index in [9.17, 15) is 4.79 Å². The number of benzene rings is 1. The predicted octanol–water partition coefficient (Wildman–Crippen LogP) is 3.54. The van der Waals surface area contributed by atoms with Gasteiger partial charge in [0.05, 0.1) is 18.3 Å². The van der Waals surface area contributed by atoms with Gasteiger partial charge in [-0.15, -0.1) is 0 Å². The van der Waals surface area contributed by atoms with Crippen molar-refractivity contribution in [2.45, 2.75) is 26.5 Å². The van der Waals surface area contributed by atoms with Crippen LogP contribution >= 0.6 is 0 Å². The van der Waals surface area contributed by atoms with Crippen molar-refractivity contribution < 1.29 is 4.74 Å². The third kappa shape index (κ3) is 4.07. The number of hydrogen-bond acceptors (Lipinski definition) is 5. The van der Waals surface area contributed by atoms with E-state index in [4.69, 9.17) is 9.72 Å². The van der Waals surface area contributed by atoms with Crippen LogP contribution in [-0.4, -0.2) is 34.7 Å². The highest BCUT2D eigenvalue weighted by Crippen LogP contribution is 2.32. The Kier molecular flexibility index (Phi) is 5.20. The highest BCUT2D eigenvalue weighted by Gasteiger charge is 2.33. The van der Waals surface area contributed by atoms with Crippen molar-refractivity contribution in [3.63, 3.8) is 0 Å². The molecule has 1 atom stereocenters. The standard InChI is InChI=1S/C23H26N4O2/c1-23(2)15-26(14-20(29-3)18-7-5-4-6-8-18)22-25-19(13-21(28)27(22)16-23)17-9-11-24-12-10-17/h4-13,20H,14-16H2,1-3H3/t20-/m0/s1. The second kappa shape index (κ2) is 7.79. The third-order valence-corrected chi connectivity index (χ3v) is 5.29. The SMILES string of the molecule is CO[C@@H](CN1CC(C)(C)Cn2c1nc(-c1ccncc1)cc2=O)c1ccccc1. The quantitative estimate of drug-likeness (QED) is 0.667. The Balaban J connectivity index is 1.76. The number of hydrogen-bond donors (Lipinski definition) is 0. The van der Waals surface area contributed by atoms with Gasteiger partial charge >= 0.3 is 0 Å². The molecule has 0 N–H and O–H groups in total. The van der Waals surface area contributed by atoms with Gasteiger partial charge in [0.1, 0.15) is 0 Å². The molecule has 0 radical (unpaired) electrons. The van der Waals surface area contributed by atoms with Crippen LogP contribution in [0.5, 0.6) is 0 Å². The zero-order chi connectivity index (χ0) is 20.4. The van der Waals surface area contributed by atoms with Crippen molar-refractivity contribution in [3.8, 4) is 11.3 Å². The molecule has 1 aromatic carbocycles. The zero-order valence-electron chi connectivity index (χ0n) is 17.1. The van der Waals surface area contributed by atoms with E-state index in [0.29, 0.717) is 24.7 Å². The van der Waals surface area contributed by atoms with Gasteiger partial charge < -0.3 is 9.64 Å². The molecule has 2 aromatic heterocycles. The van der Waals surface area contributed by atoms with Crippen molar-refractivity contribution >= 4 is 5.95 Å². The van der Waals surface area contributed by atoms with E-state index < -0.39 is 0 Å². The lowest BCUT2D eigenvalue weighted by atomic mass is 9.90. The maximum atomic E-state index is 13.0. The fourth-order valence-corrected chi connectivity index (χ4v) is 3.95. The lowest BCUT2D eigenvalue weighted by Crippen LogP contribution is -2.48. The van der Waals surface area contributed by atoms with Crippen molar-refractivity contribution in [2.24, 2.45) is 5.41 Å². The number of nitrogens with zero attached hydrogens (tertiary/aromatic N) is 4. The molecule has 6 nitrogen and oxygen atoms in total. The van der Waals surface area contributed by atoms with Gasteiger partial charge in [-0.05, 0) is 17.7 Å². The molecule has 0 bridgehead atoms. The Hall–Kier alpha value is -2.99. The third-order valence-electron chi connectivity index (χ3n) is 5.29. The van der Waals surface area contributed by atoms with Crippen LogP contribution in [-0.2, 0) is 11.3 Å². The van der Waals surface area contributed by atoms with Crippen LogP contribution in [0.3, 0.4) is 0 Å². The molecule has 150 valence electrons. The lowest BCUT2D eigenvalue weighted by molar-refractivity contribution is 0.103. The Labute approximate surface area is 170 Å². The maximum Gasteiger partial charge on any atom is 0.255 e. The van der Waals surface area contributed by atoms with E-state index >= 15 is 0 Å². The first kappa shape index (κ1) is 19.3. The lowest BCUT2D eigenvalue weighted by Gasteiger charge is -2.41. The van der Waals surface area contributed by atoms with Gasteiger partial charge in [0.15, 0.2) is 0 Å². The summed E-state index contributed by atoms with van der Waals surface area (Å²) in [6.07, 6.45) is 3.32. The van der Waals surface area contributed by atoms with Gasteiger partial charge in [0.25, 0.3) is 5.56 Å². The molecule has 1 aliphatic heterocycles. The minimum Gasteiger partial charge on any atom is -0.375 e. The maximum absolute atomic E-state index is 13.0. The molecule has 0 aliphatic carbocycles. The van der Waals surface area contributed by atoms with E-state index in [2.05, 4.69) is 35.9 Å². The summed E-state index contributed by atoms with van der Waals surface area (Å²) < 4.78 is 7.59. The van der Waals surface area contributed by atoms with Crippen LogP contribution in [0.15, 0.2) is 65.7 Å². The van der Waals surface area contributed by atoms with Gasteiger partial charge in [-0.25, -0.2) is 4.98 Å². The van der Waals surface area contributed by atoms with E-state index in [1.807, 2.05) is 30.3 Å². The van der Waals surface area contributed by atoms with Gasteiger partial charge in [0, 0.05) is 49.6 Å². The summed E-state index contributed by atoms with van der Waals surface area (Å²) in [7, 11) is 1.72. The van der Waals surface area contributed by atoms with Crippen LogP contribution in [0, 0.1) is 5.41 Å². The second-order valence-electron chi connectivity index (χ2n) is 8.28. The van der Waals surface area contributed by atoms with Crippen LogP contribution < -0.4 is 10.5 Å². The molecule has 4 rings (SSSR count). The Morgan fingerprint density at radius 2 is 1.83 bits per heavy atom. The second-order valence-corrected chi connectivity index (χ2v) is 8.28. The molecule has 3 heterocycles. The smallest absolute Gasteiger partial charge is 0.255 e. The first-order chi connectivity index (χ1) is 14.0. The minimum atomic E-state index is -0.111. The van der Waals surface area contributed by atoms with Crippen molar-refractivity contribution in [1.29, 1.82) is 0 Å². The average molecular weight is 390 g/mol. The number of fused-ring (bicyclic) bond motifs is 1. The van der Waals surface area contributed by atoms with E-state index in [0.717, 1.165) is 17.7 Å². The summed E-state index contributed by atoms with van der Waals surface area (Å²) >= 11 is 0. The van der Waals surface area contributed by atoms with Gasteiger partial charge in [-0.1, -0.05) is 44.2 Å². The van der Waals surface area contributed by atoms with Crippen molar-refractivity contribution in [2.75, 3.05) is 25.1 Å². The topological polar surface area (TPSA) is 60.2 Å². The molecule has 0 fully saturated rings. The highest BCUT2D eigenvalue weighted by atomic mass is 16.5. The molecular formula is C23H26N4O2. The molecule has 0 saturated carbocycles. The number of rotatable bonds is 5. The van der Waals surface area contributed by atoms with E-state index in [1.165, 1.54) is 0 Å². The summed E-state index contributed by atoms with van der Waals surface area (Å²) in [6.45, 7) is 6.42. The van der Waals surface area contributed by atoms with Crippen LogP contribution in [0.1, 0.15) is 25.5 Å². The summed E-state index contributed by atoms with van der Waals surface area (Å²) in [5.74, 6) is 0.696. The molecule has 0 amide bonds. The van der Waals surface area contributed by atoms with Gasteiger partial charge in [-0.2, -0.15) is 0 Å². The highest BCUT2D eigenvalue weighted by molar-refractivity contribution is 5.59. The zero-order valence-corrected chi connectivity index (χ0v) is 17.1. The average Bonchev–Trinajstić information content (AvgIpc) is 2.73. The van der Waals surface area contributed by atoms with Gasteiger partial charge in [0.2, 0.25) is 5.95 Å². The molecule has 29 heavy (non-hydrogen) atoms. The minimum absolute atomic E-state index is 0.0340. The molecule has 0 spiro atoms. The van der Waals surface area contributed by atoms with Crippen molar-refractivity contribution in [1.82, 2.24) is 14.5 Å². The fourth-order valence-electron chi connectivity index (χ4n) is 3.95. The number of aromatic nitrogens is 3. The Morgan fingerprint density at radius 3 is 2.52 bits per heavy atom. The molecular weight excluding hydrogens is 364 g/mol. The number of pyridine rings is 1. The van der Waals surface area contributed by atoms with Crippen LogP contribution in [0.25, 0.3) is 11.3 Å².